The fraction of sp³-hybridized carbons (Fsp3) is 0.0625. The maximum Gasteiger partial charge on any atom is 0.234 e. The van der Waals surface area contributed by atoms with Gasteiger partial charge in [0.1, 0.15) is 0 Å². The molecular weight excluding hydrogens is 462 g/mol. The van der Waals surface area contributed by atoms with Gasteiger partial charge in [-0.05, 0) is 60.7 Å². The van der Waals surface area contributed by atoms with E-state index in [-0.39, 0.29) is 11.7 Å². The SMILES string of the molecule is O=C(CSc1nn(-c2ccc(Cl)cc2)c(=S)s1)Nc1ccc(Br)cc1. The van der Waals surface area contributed by atoms with Crippen molar-refractivity contribution in [1.29, 1.82) is 0 Å². The summed E-state index contributed by atoms with van der Waals surface area (Å²) in [6.07, 6.45) is 0. The summed E-state index contributed by atoms with van der Waals surface area (Å²) in [5.74, 6) is 0.172. The number of hydrogen-bond acceptors (Lipinski definition) is 5. The van der Waals surface area contributed by atoms with Crippen molar-refractivity contribution in [2.45, 2.75) is 4.34 Å². The maximum absolute atomic E-state index is 12.1. The molecule has 0 aliphatic rings. The molecule has 1 amide bonds. The zero-order valence-corrected chi connectivity index (χ0v) is 17.4. The van der Waals surface area contributed by atoms with E-state index in [9.17, 15) is 4.79 Å². The summed E-state index contributed by atoms with van der Waals surface area (Å²) in [7, 11) is 0. The highest BCUT2D eigenvalue weighted by Gasteiger charge is 2.09. The lowest BCUT2D eigenvalue weighted by Crippen LogP contribution is -2.13. The minimum absolute atomic E-state index is 0.0912. The van der Waals surface area contributed by atoms with Gasteiger partial charge in [-0.3, -0.25) is 4.79 Å². The number of amides is 1. The molecule has 0 bridgehead atoms. The van der Waals surface area contributed by atoms with E-state index < -0.39 is 0 Å². The van der Waals surface area contributed by atoms with Gasteiger partial charge in [0.05, 0.1) is 11.4 Å². The molecule has 1 aromatic heterocycles. The molecule has 0 fully saturated rings. The van der Waals surface area contributed by atoms with Crippen molar-refractivity contribution >= 4 is 74.4 Å². The summed E-state index contributed by atoms with van der Waals surface area (Å²) in [5, 5.41) is 7.97. The Morgan fingerprint density at radius 1 is 1.24 bits per heavy atom. The normalized spacial score (nSPS) is 10.6. The molecule has 2 aromatic carbocycles. The Balaban J connectivity index is 1.63. The van der Waals surface area contributed by atoms with E-state index in [1.54, 1.807) is 16.8 Å². The Hall–Kier alpha value is -1.19. The highest BCUT2D eigenvalue weighted by Crippen LogP contribution is 2.25. The quantitative estimate of drug-likeness (QED) is 0.376. The lowest BCUT2D eigenvalue weighted by Gasteiger charge is -2.04. The number of rotatable bonds is 5. The summed E-state index contributed by atoms with van der Waals surface area (Å²) >= 11 is 17.3. The highest BCUT2D eigenvalue weighted by atomic mass is 79.9. The second-order valence-electron chi connectivity index (χ2n) is 4.87. The lowest BCUT2D eigenvalue weighted by atomic mass is 10.3. The van der Waals surface area contributed by atoms with E-state index in [0.717, 1.165) is 20.2 Å². The molecule has 0 aliphatic carbocycles. The Morgan fingerprint density at radius 2 is 1.92 bits per heavy atom. The van der Waals surface area contributed by atoms with Gasteiger partial charge in [0, 0.05) is 15.2 Å². The Bertz CT molecular complexity index is 939. The largest absolute Gasteiger partial charge is 0.325 e. The number of nitrogens with zero attached hydrogens (tertiary/aromatic N) is 2. The molecule has 9 heteroatoms. The van der Waals surface area contributed by atoms with Gasteiger partial charge in [-0.1, -0.05) is 50.6 Å². The van der Waals surface area contributed by atoms with Crippen LogP contribution in [0, 0.1) is 3.95 Å². The number of nitrogens with one attached hydrogen (secondary N) is 1. The average Bonchev–Trinajstić information content (AvgIpc) is 2.97. The number of anilines is 1. The standard InChI is InChI=1S/C16H11BrClN3OS3/c17-10-1-5-12(6-2-10)19-14(22)9-24-15-20-21(16(23)25-15)13-7-3-11(18)4-8-13/h1-8H,9H2,(H,19,22). The first-order valence-electron chi connectivity index (χ1n) is 7.05. The number of halogens is 2. The van der Waals surface area contributed by atoms with Gasteiger partial charge in [-0.25, -0.2) is 4.68 Å². The highest BCUT2D eigenvalue weighted by molar-refractivity contribution is 9.10. The second kappa shape index (κ2) is 8.46. The van der Waals surface area contributed by atoms with Crippen molar-refractivity contribution < 1.29 is 4.79 Å². The Morgan fingerprint density at radius 3 is 2.60 bits per heavy atom. The zero-order chi connectivity index (χ0) is 17.8. The average molecular weight is 473 g/mol. The van der Waals surface area contributed by atoms with Crippen LogP contribution in [-0.4, -0.2) is 21.4 Å². The van der Waals surface area contributed by atoms with Crippen LogP contribution in [0.1, 0.15) is 0 Å². The van der Waals surface area contributed by atoms with Crippen molar-refractivity contribution in [1.82, 2.24) is 9.78 Å². The van der Waals surface area contributed by atoms with Crippen LogP contribution in [0.5, 0.6) is 0 Å². The fourth-order valence-corrected chi connectivity index (χ4v) is 4.47. The van der Waals surface area contributed by atoms with Crippen LogP contribution in [0.2, 0.25) is 5.02 Å². The number of thioether (sulfide) groups is 1. The third-order valence-electron chi connectivity index (χ3n) is 3.06. The summed E-state index contributed by atoms with van der Waals surface area (Å²) in [6, 6.07) is 14.7. The minimum Gasteiger partial charge on any atom is -0.325 e. The third-order valence-corrected chi connectivity index (χ3v) is 6.20. The first-order valence-corrected chi connectivity index (χ1v) is 10.4. The molecule has 0 atom stereocenters. The van der Waals surface area contributed by atoms with E-state index >= 15 is 0 Å². The predicted octanol–water partition coefficient (Wildman–Crippen LogP) is 5.81. The molecular formula is C16H11BrClN3OS3. The Labute approximate surface area is 171 Å². The summed E-state index contributed by atoms with van der Waals surface area (Å²) in [6.45, 7) is 0. The summed E-state index contributed by atoms with van der Waals surface area (Å²) < 4.78 is 4.00. The molecule has 0 aliphatic heterocycles. The monoisotopic (exact) mass is 471 g/mol. The molecule has 3 aromatic rings. The zero-order valence-electron chi connectivity index (χ0n) is 12.6. The molecule has 3 rings (SSSR count). The number of carbonyl (C=O) groups excluding carboxylic acids is 1. The number of aromatic nitrogens is 2. The summed E-state index contributed by atoms with van der Waals surface area (Å²) in [5.41, 5.74) is 1.60. The lowest BCUT2D eigenvalue weighted by molar-refractivity contribution is -0.113. The van der Waals surface area contributed by atoms with Crippen molar-refractivity contribution in [3.05, 3.63) is 62.0 Å². The maximum atomic E-state index is 12.1. The molecule has 25 heavy (non-hydrogen) atoms. The first-order chi connectivity index (χ1) is 12.0. The van der Waals surface area contributed by atoms with Crippen molar-refractivity contribution in [3.8, 4) is 5.69 Å². The molecule has 1 heterocycles. The van der Waals surface area contributed by atoms with Gasteiger partial charge < -0.3 is 5.32 Å². The van der Waals surface area contributed by atoms with Crippen LogP contribution in [0.4, 0.5) is 5.69 Å². The Kier molecular flexibility index (Phi) is 6.29. The first kappa shape index (κ1) is 18.6. The van der Waals surface area contributed by atoms with E-state index in [1.807, 2.05) is 36.4 Å². The van der Waals surface area contributed by atoms with Crippen molar-refractivity contribution in [2.75, 3.05) is 11.1 Å². The van der Waals surface area contributed by atoms with E-state index in [1.165, 1.54) is 23.1 Å². The number of carbonyl (C=O) groups is 1. The van der Waals surface area contributed by atoms with E-state index in [4.69, 9.17) is 23.8 Å². The van der Waals surface area contributed by atoms with Crippen LogP contribution < -0.4 is 5.32 Å². The molecule has 0 unspecified atom stereocenters. The molecule has 0 saturated heterocycles. The second-order valence-corrected chi connectivity index (χ2v) is 9.06. The van der Waals surface area contributed by atoms with Crippen molar-refractivity contribution in [2.24, 2.45) is 0 Å². The van der Waals surface area contributed by atoms with Crippen LogP contribution in [-0.2, 0) is 4.79 Å². The third kappa shape index (κ3) is 5.15. The van der Waals surface area contributed by atoms with Gasteiger partial charge in [-0.15, -0.1) is 5.10 Å². The smallest absolute Gasteiger partial charge is 0.234 e. The molecule has 0 spiro atoms. The summed E-state index contributed by atoms with van der Waals surface area (Å²) in [4.78, 5) is 12.1. The van der Waals surface area contributed by atoms with Gasteiger partial charge >= 0.3 is 0 Å². The predicted molar refractivity (Wildman–Crippen MR) is 111 cm³/mol. The number of benzene rings is 2. The van der Waals surface area contributed by atoms with Crippen LogP contribution >= 0.6 is 62.8 Å². The number of hydrogen-bond donors (Lipinski definition) is 1. The van der Waals surface area contributed by atoms with E-state index in [0.29, 0.717) is 8.98 Å². The van der Waals surface area contributed by atoms with Crippen LogP contribution in [0.15, 0.2) is 57.3 Å². The topological polar surface area (TPSA) is 46.9 Å². The molecule has 1 N–H and O–H groups in total. The van der Waals surface area contributed by atoms with Gasteiger partial charge in [0.2, 0.25) is 5.91 Å². The fourth-order valence-electron chi connectivity index (χ4n) is 1.92. The van der Waals surface area contributed by atoms with E-state index in [2.05, 4.69) is 26.3 Å². The molecule has 128 valence electrons. The molecule has 0 radical (unpaired) electrons. The van der Waals surface area contributed by atoms with Crippen LogP contribution in [0.25, 0.3) is 5.69 Å². The minimum atomic E-state index is -0.0912. The molecule has 4 nitrogen and oxygen atoms in total. The van der Waals surface area contributed by atoms with Crippen LogP contribution in [0.3, 0.4) is 0 Å². The molecule has 0 saturated carbocycles. The van der Waals surface area contributed by atoms with Gasteiger partial charge in [-0.2, -0.15) is 0 Å². The van der Waals surface area contributed by atoms with Gasteiger partial charge in [0.25, 0.3) is 0 Å². The van der Waals surface area contributed by atoms with Crippen molar-refractivity contribution in [3.63, 3.8) is 0 Å². The van der Waals surface area contributed by atoms with Gasteiger partial charge in [0.15, 0.2) is 8.29 Å².